The van der Waals surface area contributed by atoms with Crippen LogP contribution in [0.3, 0.4) is 0 Å². The van der Waals surface area contributed by atoms with Gasteiger partial charge in [-0.2, -0.15) is 0 Å². The second kappa shape index (κ2) is 10.7. The van der Waals surface area contributed by atoms with Crippen LogP contribution < -0.4 is 10.1 Å². The Labute approximate surface area is 179 Å². The molecule has 1 amide bonds. The number of hydrogen-bond donors (Lipinski definition) is 6. The van der Waals surface area contributed by atoms with Crippen molar-refractivity contribution in [3.8, 4) is 5.75 Å². The second-order valence-electron chi connectivity index (χ2n) is 7.56. The van der Waals surface area contributed by atoms with Gasteiger partial charge in [0, 0.05) is 19.0 Å². The fourth-order valence-electron chi connectivity index (χ4n) is 3.56. The molecule has 2 fully saturated rings. The van der Waals surface area contributed by atoms with Crippen molar-refractivity contribution < 1.29 is 49.3 Å². The van der Waals surface area contributed by atoms with E-state index in [2.05, 4.69) is 5.32 Å². The minimum atomic E-state index is -1.55. The van der Waals surface area contributed by atoms with E-state index in [0.717, 1.165) is 0 Å². The highest BCUT2D eigenvalue weighted by molar-refractivity contribution is 5.88. The summed E-state index contributed by atoms with van der Waals surface area (Å²) >= 11 is 0. The summed E-state index contributed by atoms with van der Waals surface area (Å²) in [7, 11) is 0. The summed E-state index contributed by atoms with van der Waals surface area (Å²) in [6, 6.07) is 6.74. The third kappa shape index (κ3) is 5.90. The van der Waals surface area contributed by atoms with E-state index in [-0.39, 0.29) is 12.5 Å². The molecular weight excluding hydrogens is 414 g/mol. The lowest BCUT2D eigenvalue weighted by atomic mass is 9.99. The summed E-state index contributed by atoms with van der Waals surface area (Å²) in [6.45, 7) is 0.466. The molecule has 11 nitrogen and oxygen atoms in total. The average molecular weight is 443 g/mol. The maximum Gasteiger partial charge on any atom is 0.221 e. The first-order valence-corrected chi connectivity index (χ1v) is 10.1. The lowest BCUT2D eigenvalue weighted by molar-refractivity contribution is -0.329. The molecule has 1 aromatic rings. The van der Waals surface area contributed by atoms with Crippen molar-refractivity contribution in [1.29, 1.82) is 0 Å². The molecule has 0 spiro atoms. The van der Waals surface area contributed by atoms with E-state index in [0.29, 0.717) is 24.3 Å². The summed E-state index contributed by atoms with van der Waals surface area (Å²) < 4.78 is 22.6. The number of anilines is 1. The third-order valence-electron chi connectivity index (χ3n) is 5.21. The predicted molar refractivity (Wildman–Crippen MR) is 105 cm³/mol. The van der Waals surface area contributed by atoms with E-state index in [1.54, 1.807) is 24.3 Å². The summed E-state index contributed by atoms with van der Waals surface area (Å²) in [4.78, 5) is 11.1. The van der Waals surface area contributed by atoms with Gasteiger partial charge in [0.1, 0.15) is 36.3 Å². The van der Waals surface area contributed by atoms with Crippen molar-refractivity contribution in [2.75, 3.05) is 18.5 Å². The third-order valence-corrected chi connectivity index (χ3v) is 5.21. The maximum atomic E-state index is 11.1. The smallest absolute Gasteiger partial charge is 0.221 e. The lowest BCUT2D eigenvalue weighted by Gasteiger charge is -2.43. The molecule has 8 unspecified atom stereocenters. The van der Waals surface area contributed by atoms with Crippen LogP contribution in [0.25, 0.3) is 0 Å². The summed E-state index contributed by atoms with van der Waals surface area (Å²) in [5.41, 5.74) is 0.630. The fraction of sp³-hybridized carbons (Fsp3) is 0.650. The molecule has 2 saturated heterocycles. The highest BCUT2D eigenvalue weighted by Gasteiger charge is 2.46. The number of aliphatic hydroxyl groups is 5. The quantitative estimate of drug-likeness (QED) is 0.298. The molecule has 174 valence electrons. The number of amides is 1. The van der Waals surface area contributed by atoms with E-state index in [9.17, 15) is 30.3 Å². The van der Waals surface area contributed by atoms with Crippen molar-refractivity contribution in [3.63, 3.8) is 0 Å². The van der Waals surface area contributed by atoms with Crippen LogP contribution in [0, 0.1) is 0 Å². The van der Waals surface area contributed by atoms with Crippen LogP contribution in [0.2, 0.25) is 0 Å². The predicted octanol–water partition coefficient (Wildman–Crippen LogP) is -1.29. The minimum Gasteiger partial charge on any atom is -0.465 e. The van der Waals surface area contributed by atoms with E-state index >= 15 is 0 Å². The van der Waals surface area contributed by atoms with Gasteiger partial charge in [-0.15, -0.1) is 0 Å². The van der Waals surface area contributed by atoms with Crippen LogP contribution in [0.4, 0.5) is 5.69 Å². The molecule has 0 bridgehead atoms. The highest BCUT2D eigenvalue weighted by Crippen LogP contribution is 2.29. The summed E-state index contributed by atoms with van der Waals surface area (Å²) in [5.74, 6) is 0.338. The van der Waals surface area contributed by atoms with Crippen LogP contribution in [0.15, 0.2) is 24.3 Å². The molecular formula is C20H29NO10. The molecule has 6 N–H and O–H groups in total. The van der Waals surface area contributed by atoms with E-state index in [1.807, 2.05) is 0 Å². The monoisotopic (exact) mass is 443 g/mol. The minimum absolute atomic E-state index is 0.180. The number of nitrogens with one attached hydrogen (secondary N) is 1. The zero-order valence-electron chi connectivity index (χ0n) is 17.0. The van der Waals surface area contributed by atoms with Gasteiger partial charge in [-0.25, -0.2) is 0 Å². The summed E-state index contributed by atoms with van der Waals surface area (Å²) in [5, 5.41) is 51.6. The van der Waals surface area contributed by atoms with Gasteiger partial charge in [-0.05, 0) is 30.7 Å². The zero-order valence-corrected chi connectivity index (χ0v) is 17.0. The zero-order chi connectivity index (χ0) is 22.5. The van der Waals surface area contributed by atoms with Crippen LogP contribution in [-0.2, 0) is 19.0 Å². The molecule has 2 aliphatic heterocycles. The highest BCUT2D eigenvalue weighted by atomic mass is 16.7. The van der Waals surface area contributed by atoms with Gasteiger partial charge in [0.25, 0.3) is 0 Å². The van der Waals surface area contributed by atoms with Gasteiger partial charge in [0.15, 0.2) is 12.6 Å². The SMILES string of the molecule is CC(=O)Nc1ccc(OC2CCC(OC3OC(CO)C(O)C(O)C3O)C(CO)O2)cc1. The van der Waals surface area contributed by atoms with Gasteiger partial charge in [-0.3, -0.25) is 4.79 Å². The topological polar surface area (TPSA) is 167 Å². The largest absolute Gasteiger partial charge is 0.465 e. The van der Waals surface area contributed by atoms with Crippen molar-refractivity contribution in [3.05, 3.63) is 24.3 Å². The van der Waals surface area contributed by atoms with Gasteiger partial charge < -0.3 is 49.8 Å². The molecule has 3 rings (SSSR count). The first-order valence-electron chi connectivity index (χ1n) is 10.1. The molecule has 31 heavy (non-hydrogen) atoms. The average Bonchev–Trinajstić information content (AvgIpc) is 2.76. The maximum absolute atomic E-state index is 11.1. The van der Waals surface area contributed by atoms with Crippen LogP contribution in [-0.4, -0.2) is 93.9 Å². The Hall–Kier alpha value is -1.83. The number of carbonyl (C=O) groups is 1. The number of ether oxygens (including phenoxy) is 4. The lowest BCUT2D eigenvalue weighted by Crippen LogP contribution is -2.60. The number of carbonyl (C=O) groups excluding carboxylic acids is 1. The number of rotatable bonds is 7. The van der Waals surface area contributed by atoms with Gasteiger partial charge in [-0.1, -0.05) is 0 Å². The Morgan fingerprint density at radius 3 is 2.29 bits per heavy atom. The Morgan fingerprint density at radius 1 is 1.00 bits per heavy atom. The molecule has 8 atom stereocenters. The second-order valence-corrected chi connectivity index (χ2v) is 7.56. The molecule has 0 radical (unpaired) electrons. The van der Waals surface area contributed by atoms with E-state index < -0.39 is 55.8 Å². The number of hydrogen-bond acceptors (Lipinski definition) is 10. The first kappa shape index (κ1) is 23.8. The van der Waals surface area contributed by atoms with E-state index in [4.69, 9.17) is 18.9 Å². The normalized spacial score (nSPS) is 36.1. The van der Waals surface area contributed by atoms with Crippen molar-refractivity contribution in [2.24, 2.45) is 0 Å². The molecule has 1 aromatic carbocycles. The van der Waals surface area contributed by atoms with Crippen molar-refractivity contribution in [1.82, 2.24) is 0 Å². The molecule has 0 saturated carbocycles. The van der Waals surface area contributed by atoms with Crippen LogP contribution >= 0.6 is 0 Å². The van der Waals surface area contributed by atoms with Crippen LogP contribution in [0.1, 0.15) is 19.8 Å². The van der Waals surface area contributed by atoms with Gasteiger partial charge in [0.2, 0.25) is 5.91 Å². The fourth-order valence-corrected chi connectivity index (χ4v) is 3.56. The Morgan fingerprint density at radius 2 is 1.68 bits per heavy atom. The van der Waals surface area contributed by atoms with Crippen molar-refractivity contribution in [2.45, 2.75) is 69.0 Å². The number of benzene rings is 1. The molecule has 0 aromatic heterocycles. The van der Waals surface area contributed by atoms with Crippen LogP contribution in [0.5, 0.6) is 5.75 Å². The Bertz CT molecular complexity index is 714. The summed E-state index contributed by atoms with van der Waals surface area (Å²) in [6.07, 6.45) is -8.27. The standard InChI is InChI=1S/C20H29NO10/c1-10(24)21-11-2-4-12(5-3-11)28-16-7-6-13(14(8-22)29-16)30-20-19(27)18(26)17(25)15(9-23)31-20/h2-5,13-20,22-23,25-27H,6-9H2,1H3,(H,21,24). The molecule has 11 heteroatoms. The number of aliphatic hydroxyl groups excluding tert-OH is 5. The first-order chi connectivity index (χ1) is 14.8. The van der Waals surface area contributed by atoms with E-state index in [1.165, 1.54) is 6.92 Å². The molecule has 2 heterocycles. The van der Waals surface area contributed by atoms with Crippen molar-refractivity contribution >= 4 is 11.6 Å². The molecule has 0 aliphatic carbocycles. The molecule has 2 aliphatic rings. The Kier molecular flexibility index (Phi) is 8.19. The van der Waals surface area contributed by atoms with Gasteiger partial charge >= 0.3 is 0 Å². The van der Waals surface area contributed by atoms with Gasteiger partial charge in [0.05, 0.1) is 19.3 Å². The Balaban J connectivity index is 1.56.